The fraction of sp³-hybridized carbons (Fsp3) is 0.412. The van der Waals surface area contributed by atoms with Crippen LogP contribution in [0.3, 0.4) is 0 Å². The lowest BCUT2D eigenvalue weighted by Gasteiger charge is -2.34. The molecule has 3 rings (SSSR count). The Kier molecular flexibility index (Phi) is 5.89. The van der Waals surface area contributed by atoms with Crippen LogP contribution in [-0.2, 0) is 17.9 Å². The van der Waals surface area contributed by atoms with Crippen molar-refractivity contribution in [2.45, 2.75) is 20.0 Å². The molecule has 1 aromatic heterocycles. The number of hydrogen-bond donors (Lipinski definition) is 0. The van der Waals surface area contributed by atoms with Crippen molar-refractivity contribution in [3.63, 3.8) is 0 Å². The average Bonchev–Trinajstić information content (AvgIpc) is 2.88. The van der Waals surface area contributed by atoms with E-state index in [-0.39, 0.29) is 12.5 Å². The topological polar surface area (TPSA) is 41.4 Å². The highest BCUT2D eigenvalue weighted by Crippen LogP contribution is 2.22. The summed E-state index contributed by atoms with van der Waals surface area (Å²) < 4.78 is 1.60. The average molecular weight is 402 g/mol. The fourth-order valence-electron chi connectivity index (χ4n) is 2.86. The molecule has 1 amide bonds. The molecule has 1 aliphatic rings. The van der Waals surface area contributed by atoms with E-state index in [1.165, 1.54) is 0 Å². The van der Waals surface area contributed by atoms with Crippen LogP contribution in [0.15, 0.2) is 24.4 Å². The van der Waals surface area contributed by atoms with Crippen LogP contribution in [0.5, 0.6) is 0 Å². The fourth-order valence-corrected chi connectivity index (χ4v) is 3.48. The number of hydrogen-bond acceptors (Lipinski definition) is 3. The number of carbonyl (C=O) groups excluding carboxylic acids is 1. The highest BCUT2D eigenvalue weighted by atomic mass is 35.5. The van der Waals surface area contributed by atoms with Crippen molar-refractivity contribution in [1.29, 1.82) is 0 Å². The first-order valence-corrected chi connectivity index (χ1v) is 9.19. The Morgan fingerprint density at radius 2 is 1.84 bits per heavy atom. The lowest BCUT2D eigenvalue weighted by atomic mass is 10.2. The van der Waals surface area contributed by atoms with Crippen molar-refractivity contribution in [2.75, 3.05) is 26.2 Å². The van der Waals surface area contributed by atoms with Crippen molar-refractivity contribution in [2.24, 2.45) is 0 Å². The number of piperazine rings is 1. The van der Waals surface area contributed by atoms with Gasteiger partial charge in [0.15, 0.2) is 0 Å². The zero-order chi connectivity index (χ0) is 18.0. The maximum atomic E-state index is 12.4. The molecule has 0 atom stereocenters. The van der Waals surface area contributed by atoms with Crippen LogP contribution in [0.25, 0.3) is 0 Å². The molecule has 0 radical (unpaired) electrons. The Balaban J connectivity index is 1.51. The van der Waals surface area contributed by atoms with Gasteiger partial charge >= 0.3 is 0 Å². The largest absolute Gasteiger partial charge is 0.339 e. The maximum Gasteiger partial charge on any atom is 0.244 e. The first-order valence-electron chi connectivity index (χ1n) is 8.06. The van der Waals surface area contributed by atoms with Crippen molar-refractivity contribution in [1.82, 2.24) is 19.6 Å². The molecule has 0 unspecified atom stereocenters. The van der Waals surface area contributed by atoms with Gasteiger partial charge < -0.3 is 4.90 Å². The van der Waals surface area contributed by atoms with Crippen LogP contribution in [-0.4, -0.2) is 51.7 Å². The standard InChI is InChI=1S/C17H19Cl3N4O/c1-12-16(20)10-24(21-12)11-17(25)23-6-4-22(5-7-23)9-13-2-3-14(18)8-15(13)19/h2-3,8,10H,4-7,9,11H2,1H3. The molecule has 5 nitrogen and oxygen atoms in total. The van der Waals surface area contributed by atoms with Crippen LogP contribution in [0, 0.1) is 6.92 Å². The SMILES string of the molecule is Cc1nn(CC(=O)N2CCN(Cc3ccc(Cl)cc3Cl)CC2)cc1Cl. The second-order valence-electron chi connectivity index (χ2n) is 6.15. The molecule has 1 fully saturated rings. The molecule has 0 saturated carbocycles. The summed E-state index contributed by atoms with van der Waals surface area (Å²) in [5, 5.41) is 6.13. The number of aromatic nitrogens is 2. The summed E-state index contributed by atoms with van der Waals surface area (Å²) in [6, 6.07) is 5.56. The molecule has 1 saturated heterocycles. The first kappa shape index (κ1) is 18.5. The van der Waals surface area contributed by atoms with Crippen LogP contribution >= 0.6 is 34.8 Å². The van der Waals surface area contributed by atoms with E-state index in [0.717, 1.165) is 30.9 Å². The molecular formula is C17H19Cl3N4O. The summed E-state index contributed by atoms with van der Waals surface area (Å²) in [5.74, 6) is 0.0587. The quantitative estimate of drug-likeness (QED) is 0.787. The van der Waals surface area contributed by atoms with E-state index in [1.807, 2.05) is 24.0 Å². The van der Waals surface area contributed by atoms with Crippen molar-refractivity contribution < 1.29 is 4.79 Å². The van der Waals surface area contributed by atoms with Gasteiger partial charge in [-0.05, 0) is 24.6 Å². The minimum Gasteiger partial charge on any atom is -0.339 e. The number of aryl methyl sites for hydroxylation is 1. The summed E-state index contributed by atoms with van der Waals surface area (Å²) in [5.41, 5.74) is 1.78. The Bertz CT molecular complexity index is 750. The van der Waals surface area contributed by atoms with E-state index < -0.39 is 0 Å². The van der Waals surface area contributed by atoms with Crippen molar-refractivity contribution in [3.8, 4) is 0 Å². The molecule has 1 aliphatic heterocycles. The van der Waals surface area contributed by atoms with Crippen LogP contribution < -0.4 is 0 Å². The molecule has 0 spiro atoms. The number of amides is 1. The molecule has 0 bridgehead atoms. The molecule has 0 aliphatic carbocycles. The summed E-state index contributed by atoms with van der Waals surface area (Å²) in [4.78, 5) is 16.6. The van der Waals surface area contributed by atoms with E-state index >= 15 is 0 Å². The van der Waals surface area contributed by atoms with Crippen molar-refractivity contribution >= 4 is 40.7 Å². The van der Waals surface area contributed by atoms with E-state index in [1.54, 1.807) is 16.9 Å². The maximum absolute atomic E-state index is 12.4. The van der Waals surface area contributed by atoms with Gasteiger partial charge in [0.2, 0.25) is 5.91 Å². The summed E-state index contributed by atoms with van der Waals surface area (Å²) >= 11 is 18.2. The van der Waals surface area contributed by atoms with Crippen molar-refractivity contribution in [3.05, 3.63) is 50.7 Å². The van der Waals surface area contributed by atoms with Crippen LogP contribution in [0.4, 0.5) is 0 Å². The van der Waals surface area contributed by atoms with Gasteiger partial charge in [-0.1, -0.05) is 40.9 Å². The number of carbonyl (C=O) groups is 1. The third-order valence-corrected chi connectivity index (χ3v) is 5.28. The van der Waals surface area contributed by atoms with Gasteiger partial charge in [0.05, 0.1) is 10.7 Å². The van der Waals surface area contributed by atoms with Crippen LogP contribution in [0.1, 0.15) is 11.3 Å². The van der Waals surface area contributed by atoms with Gasteiger partial charge in [-0.3, -0.25) is 14.4 Å². The van der Waals surface area contributed by atoms with Gasteiger partial charge in [0, 0.05) is 49.0 Å². The minimum absolute atomic E-state index is 0.0587. The highest BCUT2D eigenvalue weighted by molar-refractivity contribution is 6.35. The molecule has 25 heavy (non-hydrogen) atoms. The van der Waals surface area contributed by atoms with E-state index in [2.05, 4.69) is 10.00 Å². The molecule has 0 N–H and O–H groups in total. The van der Waals surface area contributed by atoms with Gasteiger partial charge in [0.1, 0.15) is 6.54 Å². The van der Waals surface area contributed by atoms with E-state index in [9.17, 15) is 4.79 Å². The zero-order valence-electron chi connectivity index (χ0n) is 13.9. The second-order valence-corrected chi connectivity index (χ2v) is 7.40. The number of benzene rings is 1. The molecule has 2 heterocycles. The number of halogens is 3. The third kappa shape index (κ3) is 4.67. The predicted octanol–water partition coefficient (Wildman–Crippen LogP) is 3.50. The van der Waals surface area contributed by atoms with Crippen LogP contribution in [0.2, 0.25) is 15.1 Å². The normalized spacial score (nSPS) is 15.6. The third-order valence-electron chi connectivity index (χ3n) is 4.32. The lowest BCUT2D eigenvalue weighted by Crippen LogP contribution is -2.49. The Labute approximate surface area is 162 Å². The Morgan fingerprint density at radius 3 is 2.44 bits per heavy atom. The highest BCUT2D eigenvalue weighted by Gasteiger charge is 2.22. The molecule has 8 heteroatoms. The monoisotopic (exact) mass is 400 g/mol. The van der Waals surface area contributed by atoms with E-state index in [4.69, 9.17) is 34.8 Å². The summed E-state index contributed by atoms with van der Waals surface area (Å²) in [7, 11) is 0. The Hall–Kier alpha value is -1.27. The smallest absolute Gasteiger partial charge is 0.244 e. The van der Waals surface area contributed by atoms with Gasteiger partial charge in [0.25, 0.3) is 0 Å². The molecular weight excluding hydrogens is 383 g/mol. The first-order chi connectivity index (χ1) is 11.9. The number of nitrogens with zero attached hydrogens (tertiary/aromatic N) is 4. The lowest BCUT2D eigenvalue weighted by molar-refractivity contribution is -0.133. The summed E-state index contributed by atoms with van der Waals surface area (Å²) in [6.07, 6.45) is 1.69. The summed E-state index contributed by atoms with van der Waals surface area (Å²) in [6.45, 7) is 5.80. The van der Waals surface area contributed by atoms with E-state index in [0.29, 0.717) is 28.2 Å². The second kappa shape index (κ2) is 7.96. The molecule has 1 aromatic carbocycles. The van der Waals surface area contributed by atoms with Gasteiger partial charge in [-0.2, -0.15) is 5.10 Å². The molecule has 2 aromatic rings. The Morgan fingerprint density at radius 1 is 1.12 bits per heavy atom. The van der Waals surface area contributed by atoms with Gasteiger partial charge in [-0.15, -0.1) is 0 Å². The number of rotatable bonds is 4. The van der Waals surface area contributed by atoms with Gasteiger partial charge in [-0.25, -0.2) is 0 Å². The molecule has 134 valence electrons. The minimum atomic E-state index is 0.0587. The zero-order valence-corrected chi connectivity index (χ0v) is 16.2. The predicted molar refractivity (Wildman–Crippen MR) is 100 cm³/mol.